The van der Waals surface area contributed by atoms with Crippen molar-refractivity contribution in [3.63, 3.8) is 0 Å². The van der Waals surface area contributed by atoms with Gasteiger partial charge < -0.3 is 20.1 Å². The van der Waals surface area contributed by atoms with Crippen LogP contribution in [0.15, 0.2) is 60.7 Å². The number of rotatable bonds is 8. The summed E-state index contributed by atoms with van der Waals surface area (Å²) in [7, 11) is 3.24. The van der Waals surface area contributed by atoms with Crippen LogP contribution in [0.2, 0.25) is 0 Å². The molecule has 0 saturated heterocycles. The molecular formula is C26H30N2O4. The fraction of sp³-hybridized carbons (Fsp3) is 0.308. The summed E-state index contributed by atoms with van der Waals surface area (Å²) in [6, 6.07) is 14.8. The molecule has 1 saturated carbocycles. The van der Waals surface area contributed by atoms with Crippen LogP contribution in [0.25, 0.3) is 12.2 Å². The van der Waals surface area contributed by atoms with Crippen molar-refractivity contribution in [2.24, 2.45) is 0 Å². The second kappa shape index (κ2) is 11.7. The van der Waals surface area contributed by atoms with E-state index in [-0.39, 0.29) is 23.9 Å². The molecule has 2 N–H and O–H groups in total. The second-order valence-corrected chi connectivity index (χ2v) is 7.73. The number of hydrogen-bond acceptors (Lipinski definition) is 4. The first-order valence-electron chi connectivity index (χ1n) is 10.8. The third-order valence-corrected chi connectivity index (χ3v) is 5.51. The molecule has 168 valence electrons. The van der Waals surface area contributed by atoms with E-state index in [9.17, 15) is 9.59 Å². The topological polar surface area (TPSA) is 76.7 Å². The van der Waals surface area contributed by atoms with Crippen molar-refractivity contribution in [1.29, 1.82) is 0 Å². The zero-order valence-corrected chi connectivity index (χ0v) is 18.5. The minimum Gasteiger partial charge on any atom is -0.497 e. The Kier molecular flexibility index (Phi) is 8.49. The second-order valence-electron chi connectivity index (χ2n) is 7.73. The van der Waals surface area contributed by atoms with Crippen LogP contribution >= 0.6 is 0 Å². The Bertz CT molecular complexity index is 869. The predicted octanol–water partition coefficient (Wildman–Crippen LogP) is 3.97. The first-order chi connectivity index (χ1) is 15.6. The van der Waals surface area contributed by atoms with Gasteiger partial charge in [0.2, 0.25) is 11.8 Å². The summed E-state index contributed by atoms with van der Waals surface area (Å²) in [5.41, 5.74) is 1.83. The van der Waals surface area contributed by atoms with Crippen LogP contribution in [0.5, 0.6) is 11.5 Å². The van der Waals surface area contributed by atoms with Gasteiger partial charge in [0.1, 0.15) is 11.5 Å². The molecule has 3 rings (SSSR count). The minimum absolute atomic E-state index is 0.0879. The van der Waals surface area contributed by atoms with E-state index in [1.54, 1.807) is 26.4 Å². The Balaban J connectivity index is 1.53. The normalized spacial score (nSPS) is 18.4. The average molecular weight is 435 g/mol. The lowest BCUT2D eigenvalue weighted by Gasteiger charge is -2.32. The average Bonchev–Trinajstić information content (AvgIpc) is 2.83. The van der Waals surface area contributed by atoms with Gasteiger partial charge in [-0.2, -0.15) is 0 Å². The molecule has 1 aliphatic rings. The number of methoxy groups -OCH3 is 2. The van der Waals surface area contributed by atoms with Crippen LogP contribution in [0, 0.1) is 0 Å². The van der Waals surface area contributed by atoms with E-state index in [0.29, 0.717) is 0 Å². The largest absolute Gasteiger partial charge is 0.497 e. The van der Waals surface area contributed by atoms with E-state index in [1.807, 2.05) is 48.5 Å². The maximum atomic E-state index is 12.4. The number of amides is 2. The molecule has 0 radical (unpaired) electrons. The molecule has 1 aliphatic carbocycles. The van der Waals surface area contributed by atoms with Crippen molar-refractivity contribution in [3.8, 4) is 11.5 Å². The van der Waals surface area contributed by atoms with Gasteiger partial charge in [-0.3, -0.25) is 9.59 Å². The lowest BCUT2D eigenvalue weighted by molar-refractivity contribution is -0.120. The maximum Gasteiger partial charge on any atom is 0.244 e. The predicted molar refractivity (Wildman–Crippen MR) is 126 cm³/mol. The van der Waals surface area contributed by atoms with Crippen molar-refractivity contribution in [3.05, 3.63) is 71.8 Å². The number of carbonyl (C=O) groups excluding carboxylic acids is 2. The molecule has 0 spiro atoms. The van der Waals surface area contributed by atoms with Gasteiger partial charge in [0, 0.05) is 24.2 Å². The van der Waals surface area contributed by atoms with E-state index < -0.39 is 0 Å². The van der Waals surface area contributed by atoms with E-state index >= 15 is 0 Å². The molecule has 0 heterocycles. The zero-order valence-electron chi connectivity index (χ0n) is 18.5. The molecular weight excluding hydrogens is 404 g/mol. The van der Waals surface area contributed by atoms with Gasteiger partial charge in [-0.1, -0.05) is 37.1 Å². The molecule has 0 aliphatic heterocycles. The number of benzene rings is 2. The standard InChI is InChI=1S/C26H30N2O4/c1-31-21-13-7-19(8-14-21)11-17-25(29)27-23-5-3-4-6-24(23)28-26(30)18-12-20-9-15-22(32-2)16-10-20/h7-18,23-24H,3-6H2,1-2H3,(H,27,29)(H,28,30)/b17-11+,18-12+. The highest BCUT2D eigenvalue weighted by Crippen LogP contribution is 2.19. The van der Waals surface area contributed by atoms with Crippen molar-refractivity contribution in [2.75, 3.05) is 14.2 Å². The quantitative estimate of drug-likeness (QED) is 0.617. The molecule has 32 heavy (non-hydrogen) atoms. The number of ether oxygens (including phenoxy) is 2. The van der Waals surface area contributed by atoms with Gasteiger partial charge in [0.25, 0.3) is 0 Å². The highest BCUT2D eigenvalue weighted by atomic mass is 16.5. The lowest BCUT2D eigenvalue weighted by Crippen LogP contribution is -2.52. The van der Waals surface area contributed by atoms with Gasteiger partial charge in [0.15, 0.2) is 0 Å². The summed E-state index contributed by atoms with van der Waals surface area (Å²) in [4.78, 5) is 24.9. The van der Waals surface area contributed by atoms with Crippen molar-refractivity contribution < 1.29 is 19.1 Å². The molecule has 2 amide bonds. The summed E-state index contributed by atoms with van der Waals surface area (Å²) in [5.74, 6) is 1.21. The molecule has 2 atom stereocenters. The maximum absolute atomic E-state index is 12.4. The molecule has 2 aromatic rings. The molecule has 2 unspecified atom stereocenters. The van der Waals surface area contributed by atoms with E-state index in [0.717, 1.165) is 48.3 Å². The highest BCUT2D eigenvalue weighted by molar-refractivity contribution is 5.93. The Morgan fingerprint density at radius 3 is 1.44 bits per heavy atom. The van der Waals surface area contributed by atoms with Gasteiger partial charge in [-0.25, -0.2) is 0 Å². The third kappa shape index (κ3) is 7.01. The summed E-state index contributed by atoms with van der Waals surface area (Å²) in [5, 5.41) is 6.10. The Labute approximate surface area is 189 Å². The smallest absolute Gasteiger partial charge is 0.244 e. The summed E-state index contributed by atoms with van der Waals surface area (Å²) >= 11 is 0. The van der Waals surface area contributed by atoms with Gasteiger partial charge in [0.05, 0.1) is 14.2 Å². The summed E-state index contributed by atoms with van der Waals surface area (Å²) in [6.07, 6.45) is 10.3. The Morgan fingerprint density at radius 1 is 0.719 bits per heavy atom. The SMILES string of the molecule is COc1ccc(/C=C/C(=O)NC2CCCCC2NC(=O)/C=C/c2ccc(OC)cc2)cc1. The van der Waals surface area contributed by atoms with Crippen LogP contribution < -0.4 is 20.1 Å². The first kappa shape index (κ1) is 23.1. The number of carbonyl (C=O) groups is 2. The van der Waals surface area contributed by atoms with Crippen molar-refractivity contribution in [1.82, 2.24) is 10.6 Å². The number of hydrogen-bond donors (Lipinski definition) is 2. The molecule has 6 nitrogen and oxygen atoms in total. The highest BCUT2D eigenvalue weighted by Gasteiger charge is 2.26. The Hall–Kier alpha value is -3.54. The van der Waals surface area contributed by atoms with Crippen LogP contribution in [0.1, 0.15) is 36.8 Å². The van der Waals surface area contributed by atoms with Crippen LogP contribution in [0.4, 0.5) is 0 Å². The van der Waals surface area contributed by atoms with Gasteiger partial charge >= 0.3 is 0 Å². The van der Waals surface area contributed by atoms with Gasteiger partial charge in [-0.15, -0.1) is 0 Å². The van der Waals surface area contributed by atoms with E-state index in [2.05, 4.69) is 10.6 Å². The van der Waals surface area contributed by atoms with Gasteiger partial charge in [-0.05, 0) is 60.4 Å². The van der Waals surface area contributed by atoms with E-state index in [4.69, 9.17) is 9.47 Å². The monoisotopic (exact) mass is 434 g/mol. The van der Waals surface area contributed by atoms with Crippen LogP contribution in [0.3, 0.4) is 0 Å². The first-order valence-corrected chi connectivity index (χ1v) is 10.8. The molecule has 0 bridgehead atoms. The summed E-state index contributed by atoms with van der Waals surface area (Å²) in [6.45, 7) is 0. The summed E-state index contributed by atoms with van der Waals surface area (Å²) < 4.78 is 10.3. The lowest BCUT2D eigenvalue weighted by atomic mass is 9.90. The zero-order chi connectivity index (χ0) is 22.8. The molecule has 2 aromatic carbocycles. The molecule has 1 fully saturated rings. The Morgan fingerprint density at radius 2 is 1.09 bits per heavy atom. The fourth-order valence-corrected chi connectivity index (χ4v) is 3.71. The van der Waals surface area contributed by atoms with Crippen LogP contribution in [-0.4, -0.2) is 38.1 Å². The molecule has 6 heteroatoms. The number of nitrogens with one attached hydrogen (secondary N) is 2. The van der Waals surface area contributed by atoms with E-state index in [1.165, 1.54) is 12.2 Å². The minimum atomic E-state index is -0.166. The third-order valence-electron chi connectivity index (χ3n) is 5.51. The van der Waals surface area contributed by atoms with Crippen molar-refractivity contribution >= 4 is 24.0 Å². The fourth-order valence-electron chi connectivity index (χ4n) is 3.71. The van der Waals surface area contributed by atoms with Crippen LogP contribution in [-0.2, 0) is 9.59 Å². The molecule has 0 aromatic heterocycles. The van der Waals surface area contributed by atoms with Crippen molar-refractivity contribution in [2.45, 2.75) is 37.8 Å².